The molecule has 1 aromatic carbocycles. The summed E-state index contributed by atoms with van der Waals surface area (Å²) in [6, 6.07) is 4.85. The lowest BCUT2D eigenvalue weighted by molar-refractivity contribution is -0.120. The maximum atomic E-state index is 11.4. The highest BCUT2D eigenvalue weighted by atomic mass is 79.9. The van der Waals surface area contributed by atoms with Crippen molar-refractivity contribution in [2.45, 2.75) is 19.9 Å². The average molecular weight is 320 g/mol. The summed E-state index contributed by atoms with van der Waals surface area (Å²) in [6.07, 6.45) is 0. The van der Waals surface area contributed by atoms with E-state index in [0.717, 1.165) is 4.47 Å². The molecular formula is C12H16BrClN2O. The van der Waals surface area contributed by atoms with Gasteiger partial charge in [-0.15, -0.1) is 0 Å². The zero-order valence-electron chi connectivity index (χ0n) is 9.84. The van der Waals surface area contributed by atoms with Gasteiger partial charge in [-0.2, -0.15) is 0 Å². The van der Waals surface area contributed by atoms with Crippen LogP contribution >= 0.6 is 27.5 Å². The van der Waals surface area contributed by atoms with Crippen molar-refractivity contribution >= 4 is 33.4 Å². The number of halogens is 2. The molecule has 0 fully saturated rings. The van der Waals surface area contributed by atoms with E-state index in [0.29, 0.717) is 23.0 Å². The van der Waals surface area contributed by atoms with Crippen molar-refractivity contribution in [3.63, 3.8) is 0 Å². The summed E-state index contributed by atoms with van der Waals surface area (Å²) in [4.78, 5) is 11.4. The van der Waals surface area contributed by atoms with Crippen LogP contribution in [0.2, 0.25) is 5.02 Å². The first-order valence-corrected chi connectivity index (χ1v) is 6.56. The van der Waals surface area contributed by atoms with Crippen LogP contribution in [0.15, 0.2) is 22.7 Å². The number of nitrogens with one attached hydrogen (secondary N) is 1. The third-order valence-electron chi connectivity index (χ3n) is 2.29. The molecule has 0 saturated heterocycles. The molecule has 0 heterocycles. The van der Waals surface area contributed by atoms with E-state index in [2.05, 4.69) is 35.1 Å². The van der Waals surface area contributed by atoms with E-state index in [-0.39, 0.29) is 0 Å². The molecule has 1 unspecified atom stereocenters. The second-order valence-electron chi connectivity index (χ2n) is 4.30. The average Bonchev–Trinajstić information content (AvgIpc) is 2.20. The monoisotopic (exact) mass is 318 g/mol. The van der Waals surface area contributed by atoms with Crippen LogP contribution in [0.3, 0.4) is 0 Å². The first kappa shape index (κ1) is 14.5. The third kappa shape index (κ3) is 4.30. The SMILES string of the molecule is CC(C)CNC(C(N)=O)c1ccc(Br)cc1Cl. The summed E-state index contributed by atoms with van der Waals surface area (Å²) in [5.41, 5.74) is 6.10. The molecule has 1 aromatic rings. The van der Waals surface area contributed by atoms with Gasteiger partial charge in [0.1, 0.15) is 6.04 Å². The Kier molecular flexibility index (Phi) is 5.43. The van der Waals surface area contributed by atoms with Crippen LogP contribution in [0.25, 0.3) is 0 Å². The van der Waals surface area contributed by atoms with E-state index >= 15 is 0 Å². The first-order valence-electron chi connectivity index (χ1n) is 5.39. The van der Waals surface area contributed by atoms with E-state index in [1.807, 2.05) is 6.07 Å². The molecule has 1 atom stereocenters. The molecule has 0 aliphatic heterocycles. The van der Waals surface area contributed by atoms with Crippen LogP contribution in [0, 0.1) is 5.92 Å². The van der Waals surface area contributed by atoms with E-state index in [4.69, 9.17) is 17.3 Å². The minimum Gasteiger partial charge on any atom is -0.368 e. The standard InChI is InChI=1S/C12H16BrClN2O/c1-7(2)6-16-11(12(15)17)9-4-3-8(13)5-10(9)14/h3-5,7,11,16H,6H2,1-2H3,(H2,15,17). The van der Waals surface area contributed by atoms with Gasteiger partial charge in [-0.05, 0) is 30.2 Å². The Morgan fingerprint density at radius 3 is 2.65 bits per heavy atom. The lowest BCUT2D eigenvalue weighted by atomic mass is 10.1. The van der Waals surface area contributed by atoms with E-state index < -0.39 is 11.9 Å². The van der Waals surface area contributed by atoms with Gasteiger partial charge in [0, 0.05) is 9.50 Å². The number of rotatable bonds is 5. The number of carbonyl (C=O) groups excluding carboxylic acids is 1. The lowest BCUT2D eigenvalue weighted by Crippen LogP contribution is -2.35. The number of nitrogens with two attached hydrogens (primary N) is 1. The van der Waals surface area contributed by atoms with Crippen molar-refractivity contribution in [1.82, 2.24) is 5.32 Å². The van der Waals surface area contributed by atoms with Crippen LogP contribution in [-0.2, 0) is 4.79 Å². The number of amides is 1. The van der Waals surface area contributed by atoms with Gasteiger partial charge in [-0.1, -0.05) is 47.4 Å². The minimum atomic E-state index is -0.544. The Morgan fingerprint density at radius 1 is 1.53 bits per heavy atom. The molecular weight excluding hydrogens is 304 g/mol. The number of primary amides is 1. The van der Waals surface area contributed by atoms with Crippen LogP contribution in [0.5, 0.6) is 0 Å². The van der Waals surface area contributed by atoms with E-state index in [9.17, 15) is 4.79 Å². The van der Waals surface area contributed by atoms with Gasteiger partial charge in [0.15, 0.2) is 0 Å². The molecule has 0 saturated carbocycles. The van der Waals surface area contributed by atoms with Crippen LogP contribution < -0.4 is 11.1 Å². The molecule has 0 radical (unpaired) electrons. The Hall–Kier alpha value is -0.580. The summed E-state index contributed by atoms with van der Waals surface area (Å²) in [5.74, 6) is 0.0148. The van der Waals surface area contributed by atoms with Crippen molar-refractivity contribution in [1.29, 1.82) is 0 Å². The lowest BCUT2D eigenvalue weighted by Gasteiger charge is -2.18. The Bertz CT molecular complexity index is 409. The third-order valence-corrected chi connectivity index (χ3v) is 3.11. The molecule has 0 aliphatic carbocycles. The molecule has 0 spiro atoms. The molecule has 17 heavy (non-hydrogen) atoms. The van der Waals surface area contributed by atoms with Gasteiger partial charge in [0.25, 0.3) is 0 Å². The summed E-state index contributed by atoms with van der Waals surface area (Å²) < 4.78 is 0.873. The van der Waals surface area contributed by atoms with Gasteiger partial charge < -0.3 is 11.1 Å². The highest BCUT2D eigenvalue weighted by Crippen LogP contribution is 2.26. The minimum absolute atomic E-state index is 0.421. The summed E-state index contributed by atoms with van der Waals surface area (Å²) in [6.45, 7) is 4.84. The molecule has 0 aliphatic rings. The molecule has 1 rings (SSSR count). The normalized spacial score (nSPS) is 12.8. The topological polar surface area (TPSA) is 55.1 Å². The first-order chi connectivity index (χ1) is 7.91. The smallest absolute Gasteiger partial charge is 0.239 e. The van der Waals surface area contributed by atoms with Gasteiger partial charge in [0.2, 0.25) is 5.91 Å². The van der Waals surface area contributed by atoms with Crippen molar-refractivity contribution in [2.75, 3.05) is 6.54 Å². The number of hydrogen-bond acceptors (Lipinski definition) is 2. The predicted octanol–water partition coefficient (Wildman–Crippen LogP) is 2.87. The fraction of sp³-hybridized carbons (Fsp3) is 0.417. The Balaban J connectivity index is 2.93. The summed E-state index contributed by atoms with van der Waals surface area (Å²) >= 11 is 9.43. The molecule has 0 aromatic heterocycles. The van der Waals surface area contributed by atoms with Crippen LogP contribution in [-0.4, -0.2) is 12.5 Å². The van der Waals surface area contributed by atoms with E-state index in [1.54, 1.807) is 12.1 Å². The molecule has 94 valence electrons. The highest BCUT2D eigenvalue weighted by molar-refractivity contribution is 9.10. The van der Waals surface area contributed by atoms with Crippen LogP contribution in [0.1, 0.15) is 25.5 Å². The maximum absolute atomic E-state index is 11.4. The largest absolute Gasteiger partial charge is 0.368 e. The highest BCUT2D eigenvalue weighted by Gasteiger charge is 2.20. The fourth-order valence-corrected chi connectivity index (χ4v) is 2.24. The Labute approximate surface area is 115 Å². The number of hydrogen-bond donors (Lipinski definition) is 2. The Morgan fingerprint density at radius 2 is 2.18 bits per heavy atom. The quantitative estimate of drug-likeness (QED) is 0.877. The summed E-state index contributed by atoms with van der Waals surface area (Å²) in [5, 5.41) is 3.65. The molecule has 0 bridgehead atoms. The van der Waals surface area contributed by atoms with Gasteiger partial charge in [-0.3, -0.25) is 4.79 Å². The van der Waals surface area contributed by atoms with Gasteiger partial charge in [-0.25, -0.2) is 0 Å². The van der Waals surface area contributed by atoms with Gasteiger partial charge >= 0.3 is 0 Å². The number of carbonyl (C=O) groups is 1. The predicted molar refractivity (Wildman–Crippen MR) is 73.9 cm³/mol. The zero-order valence-corrected chi connectivity index (χ0v) is 12.2. The van der Waals surface area contributed by atoms with Crippen molar-refractivity contribution in [3.8, 4) is 0 Å². The van der Waals surface area contributed by atoms with E-state index in [1.165, 1.54) is 0 Å². The second kappa shape index (κ2) is 6.38. The molecule has 1 amide bonds. The molecule has 5 heteroatoms. The molecule has 3 N–H and O–H groups in total. The van der Waals surface area contributed by atoms with Crippen LogP contribution in [0.4, 0.5) is 0 Å². The second-order valence-corrected chi connectivity index (χ2v) is 5.63. The van der Waals surface area contributed by atoms with Gasteiger partial charge in [0.05, 0.1) is 0 Å². The summed E-state index contributed by atoms with van der Waals surface area (Å²) in [7, 11) is 0. The van der Waals surface area contributed by atoms with Crippen molar-refractivity contribution < 1.29 is 4.79 Å². The van der Waals surface area contributed by atoms with Crippen molar-refractivity contribution in [2.24, 2.45) is 11.7 Å². The zero-order chi connectivity index (χ0) is 13.0. The maximum Gasteiger partial charge on any atom is 0.239 e. The fourth-order valence-electron chi connectivity index (χ4n) is 1.45. The number of benzene rings is 1. The van der Waals surface area contributed by atoms with Crippen molar-refractivity contribution in [3.05, 3.63) is 33.3 Å². The molecule has 3 nitrogen and oxygen atoms in total.